The highest BCUT2D eigenvalue weighted by Gasteiger charge is 2.50. The van der Waals surface area contributed by atoms with Gasteiger partial charge in [0.2, 0.25) is 0 Å². The predicted molar refractivity (Wildman–Crippen MR) is 60.6 cm³/mol. The number of carboxylic acid groups (broad SMARTS) is 1. The molecule has 1 heterocycles. The van der Waals surface area contributed by atoms with E-state index in [0.29, 0.717) is 18.4 Å². The lowest BCUT2D eigenvalue weighted by Crippen LogP contribution is -2.34. The molecule has 1 aromatic rings. The molecule has 0 saturated heterocycles. The van der Waals surface area contributed by atoms with Gasteiger partial charge in [0.05, 0.1) is 11.0 Å². The van der Waals surface area contributed by atoms with Gasteiger partial charge in [-0.05, 0) is 25.0 Å². The van der Waals surface area contributed by atoms with Crippen LogP contribution in [0.25, 0.3) is 0 Å². The van der Waals surface area contributed by atoms with E-state index in [1.165, 1.54) is 18.3 Å². The Labute approximate surface area is 103 Å². The number of hydrogen-bond donors (Lipinski definition) is 2. The molecule has 18 heavy (non-hydrogen) atoms. The van der Waals surface area contributed by atoms with Crippen molar-refractivity contribution in [3.05, 3.63) is 29.6 Å². The zero-order valence-corrected chi connectivity index (χ0v) is 9.51. The summed E-state index contributed by atoms with van der Waals surface area (Å²) in [5, 5.41) is 20.1. The molecule has 1 fully saturated rings. The zero-order valence-electron chi connectivity index (χ0n) is 9.51. The summed E-state index contributed by atoms with van der Waals surface area (Å²) in [6.45, 7) is 0.114. The third kappa shape index (κ3) is 2.30. The molecule has 0 unspecified atom stereocenters. The number of carbonyl (C=O) groups is 2. The van der Waals surface area contributed by atoms with Crippen molar-refractivity contribution in [1.82, 2.24) is 10.3 Å². The maximum atomic E-state index is 11.7. The largest absolute Gasteiger partial charge is 0.481 e. The highest BCUT2D eigenvalue weighted by molar-refractivity contribution is 5.92. The lowest BCUT2D eigenvalue weighted by atomic mass is 10.1. The molecule has 0 atom stereocenters. The van der Waals surface area contributed by atoms with E-state index in [1.54, 1.807) is 0 Å². The van der Waals surface area contributed by atoms with Gasteiger partial charge in [0, 0.05) is 12.7 Å². The van der Waals surface area contributed by atoms with Crippen LogP contribution in [0, 0.1) is 16.7 Å². The lowest BCUT2D eigenvalue weighted by molar-refractivity contribution is -0.143. The monoisotopic (exact) mass is 245 g/mol. The number of hydrogen-bond acceptors (Lipinski definition) is 4. The van der Waals surface area contributed by atoms with Crippen LogP contribution in [0.5, 0.6) is 0 Å². The van der Waals surface area contributed by atoms with Gasteiger partial charge in [-0.3, -0.25) is 9.59 Å². The third-order valence-corrected chi connectivity index (χ3v) is 3.02. The van der Waals surface area contributed by atoms with E-state index < -0.39 is 17.3 Å². The zero-order chi connectivity index (χ0) is 13.2. The highest BCUT2D eigenvalue weighted by Crippen LogP contribution is 2.45. The summed E-state index contributed by atoms with van der Waals surface area (Å²) in [4.78, 5) is 26.4. The quantitative estimate of drug-likeness (QED) is 0.806. The number of nitrogens with one attached hydrogen (secondary N) is 1. The molecule has 0 bridgehead atoms. The van der Waals surface area contributed by atoms with Crippen LogP contribution in [0.2, 0.25) is 0 Å². The fourth-order valence-corrected chi connectivity index (χ4v) is 1.55. The average molecular weight is 245 g/mol. The first-order chi connectivity index (χ1) is 8.57. The molecule has 1 saturated carbocycles. The van der Waals surface area contributed by atoms with Gasteiger partial charge in [0.15, 0.2) is 0 Å². The normalized spacial score (nSPS) is 15.5. The summed E-state index contributed by atoms with van der Waals surface area (Å²) in [6, 6.07) is 4.83. The second-order valence-electron chi connectivity index (χ2n) is 4.31. The molecule has 2 rings (SSSR count). The highest BCUT2D eigenvalue weighted by atomic mass is 16.4. The van der Waals surface area contributed by atoms with Gasteiger partial charge in [-0.1, -0.05) is 0 Å². The Bertz CT molecular complexity index is 526. The molecule has 0 aliphatic heterocycles. The number of amides is 1. The van der Waals surface area contributed by atoms with Gasteiger partial charge in [-0.15, -0.1) is 0 Å². The summed E-state index contributed by atoms with van der Waals surface area (Å²) in [5.74, 6) is -1.30. The van der Waals surface area contributed by atoms with Crippen molar-refractivity contribution in [1.29, 1.82) is 5.26 Å². The Morgan fingerprint density at radius 1 is 1.50 bits per heavy atom. The molecule has 6 nitrogen and oxygen atoms in total. The van der Waals surface area contributed by atoms with Crippen molar-refractivity contribution in [3.63, 3.8) is 0 Å². The Morgan fingerprint density at radius 3 is 2.67 bits per heavy atom. The van der Waals surface area contributed by atoms with E-state index in [-0.39, 0.29) is 12.2 Å². The van der Waals surface area contributed by atoms with Crippen molar-refractivity contribution < 1.29 is 14.7 Å². The summed E-state index contributed by atoms with van der Waals surface area (Å²) in [6.07, 6.45) is 2.48. The molecule has 6 heteroatoms. The van der Waals surface area contributed by atoms with Crippen molar-refractivity contribution in [2.24, 2.45) is 5.41 Å². The lowest BCUT2D eigenvalue weighted by Gasteiger charge is -2.10. The molecule has 1 aliphatic carbocycles. The number of carbonyl (C=O) groups excluding carboxylic acids is 1. The number of aromatic nitrogens is 1. The van der Waals surface area contributed by atoms with Gasteiger partial charge in [-0.25, -0.2) is 4.98 Å². The number of pyridine rings is 1. The van der Waals surface area contributed by atoms with E-state index >= 15 is 0 Å². The maximum absolute atomic E-state index is 11.7. The predicted octanol–water partition coefficient (Wildman–Crippen LogP) is 0.548. The van der Waals surface area contributed by atoms with Crippen LogP contribution in [0.1, 0.15) is 28.9 Å². The van der Waals surface area contributed by atoms with E-state index in [9.17, 15) is 9.59 Å². The first-order valence-electron chi connectivity index (χ1n) is 5.45. The van der Waals surface area contributed by atoms with Crippen molar-refractivity contribution in [2.45, 2.75) is 12.8 Å². The third-order valence-electron chi connectivity index (χ3n) is 3.02. The van der Waals surface area contributed by atoms with Crippen LogP contribution in [0.4, 0.5) is 0 Å². The Kier molecular flexibility index (Phi) is 2.98. The van der Waals surface area contributed by atoms with Crippen LogP contribution in [-0.2, 0) is 4.79 Å². The van der Waals surface area contributed by atoms with E-state index in [1.807, 2.05) is 6.07 Å². The van der Waals surface area contributed by atoms with Gasteiger partial charge < -0.3 is 10.4 Å². The van der Waals surface area contributed by atoms with Crippen molar-refractivity contribution >= 4 is 11.9 Å². The van der Waals surface area contributed by atoms with Crippen molar-refractivity contribution in [2.75, 3.05) is 6.54 Å². The summed E-state index contributed by atoms with van der Waals surface area (Å²) < 4.78 is 0. The minimum absolute atomic E-state index is 0.114. The SMILES string of the molecule is N#Cc1ccc(C(=O)NCC2(C(=O)O)CC2)nc1. The van der Waals surface area contributed by atoms with Crippen LogP contribution in [0.15, 0.2) is 18.3 Å². The van der Waals surface area contributed by atoms with Crippen LogP contribution < -0.4 is 5.32 Å². The number of rotatable bonds is 4. The Morgan fingerprint density at radius 2 is 2.22 bits per heavy atom. The molecule has 1 aliphatic rings. The van der Waals surface area contributed by atoms with Crippen LogP contribution >= 0.6 is 0 Å². The van der Waals surface area contributed by atoms with Crippen molar-refractivity contribution in [3.8, 4) is 6.07 Å². The summed E-state index contributed by atoms with van der Waals surface area (Å²) >= 11 is 0. The first-order valence-corrected chi connectivity index (χ1v) is 5.45. The van der Waals surface area contributed by atoms with Crippen LogP contribution in [0.3, 0.4) is 0 Å². The van der Waals surface area contributed by atoms with Crippen LogP contribution in [-0.4, -0.2) is 28.5 Å². The fourth-order valence-electron chi connectivity index (χ4n) is 1.55. The number of nitriles is 1. The molecule has 2 N–H and O–H groups in total. The standard InChI is InChI=1S/C12H11N3O3/c13-5-8-1-2-9(14-6-8)10(16)15-7-12(3-4-12)11(17)18/h1-2,6H,3-4,7H2,(H,15,16)(H,17,18). The molecule has 1 aromatic heterocycles. The average Bonchev–Trinajstić information content (AvgIpc) is 3.17. The molecule has 0 spiro atoms. The maximum Gasteiger partial charge on any atom is 0.311 e. The summed E-state index contributed by atoms with van der Waals surface area (Å²) in [5.41, 5.74) is -0.242. The topological polar surface area (TPSA) is 103 Å². The van der Waals surface area contributed by atoms with E-state index in [2.05, 4.69) is 10.3 Å². The molecular weight excluding hydrogens is 234 g/mol. The smallest absolute Gasteiger partial charge is 0.311 e. The molecule has 0 aromatic carbocycles. The van der Waals surface area contributed by atoms with E-state index in [0.717, 1.165) is 0 Å². The summed E-state index contributed by atoms with van der Waals surface area (Å²) in [7, 11) is 0. The molecule has 92 valence electrons. The number of nitrogens with zero attached hydrogens (tertiary/aromatic N) is 2. The molecular formula is C12H11N3O3. The first kappa shape index (κ1) is 12.0. The van der Waals surface area contributed by atoms with Gasteiger partial charge in [0.1, 0.15) is 11.8 Å². The van der Waals surface area contributed by atoms with E-state index in [4.69, 9.17) is 10.4 Å². The fraction of sp³-hybridized carbons (Fsp3) is 0.333. The molecule has 1 amide bonds. The minimum atomic E-state index is -0.879. The number of aliphatic carboxylic acids is 1. The Hall–Kier alpha value is -2.42. The second-order valence-corrected chi connectivity index (χ2v) is 4.31. The van der Waals surface area contributed by atoms with Gasteiger partial charge in [-0.2, -0.15) is 5.26 Å². The van der Waals surface area contributed by atoms with Gasteiger partial charge in [0.25, 0.3) is 5.91 Å². The number of carboxylic acids is 1. The molecule has 0 radical (unpaired) electrons. The minimum Gasteiger partial charge on any atom is -0.481 e. The Balaban J connectivity index is 1.96. The van der Waals surface area contributed by atoms with Gasteiger partial charge >= 0.3 is 5.97 Å². The second kappa shape index (κ2) is 4.45.